The highest BCUT2D eigenvalue weighted by atomic mass is 15.5. The van der Waals surface area contributed by atoms with E-state index in [1.54, 1.807) is 13.3 Å². The van der Waals surface area contributed by atoms with Crippen molar-refractivity contribution in [3.8, 4) is 0 Å². The highest BCUT2D eigenvalue weighted by molar-refractivity contribution is 5.55. The number of hydrogen-bond donors (Lipinski definition) is 1. The molecule has 1 N–H and O–H groups in total. The second kappa shape index (κ2) is 6.07. The summed E-state index contributed by atoms with van der Waals surface area (Å²) in [5.74, 6) is 0. The van der Waals surface area contributed by atoms with E-state index < -0.39 is 0 Å². The van der Waals surface area contributed by atoms with Gasteiger partial charge >= 0.3 is 0 Å². The molecule has 0 aliphatic heterocycles. The zero-order chi connectivity index (χ0) is 6.24. The van der Waals surface area contributed by atoms with Crippen molar-refractivity contribution in [1.82, 2.24) is 5.43 Å². The van der Waals surface area contributed by atoms with Crippen LogP contribution in [0.15, 0.2) is 15.5 Å². The van der Waals surface area contributed by atoms with Gasteiger partial charge in [0.15, 0.2) is 0 Å². The predicted octanol–water partition coefficient (Wildman–Crippen LogP) is 0.969. The molecule has 0 amide bonds. The molecule has 0 saturated carbocycles. The first kappa shape index (κ1) is 7.07. The molecule has 0 spiro atoms. The average Bonchev–Trinajstić information content (AvgIpc) is 1.81. The Morgan fingerprint density at radius 1 is 1.62 bits per heavy atom. The molecule has 46 valence electrons. The molecule has 0 atom stereocenters. The predicted molar refractivity (Wildman–Crippen MR) is 32.7 cm³/mol. The van der Waals surface area contributed by atoms with Crippen LogP contribution in [-0.4, -0.2) is 13.3 Å². The van der Waals surface area contributed by atoms with E-state index >= 15 is 0 Å². The molecule has 0 aromatic carbocycles. The van der Waals surface area contributed by atoms with Crippen LogP contribution in [0.3, 0.4) is 0 Å². The molecule has 0 bridgehead atoms. The minimum Gasteiger partial charge on any atom is -0.293 e. The van der Waals surface area contributed by atoms with Gasteiger partial charge in [-0.25, -0.2) is 0 Å². The van der Waals surface area contributed by atoms with E-state index in [4.69, 9.17) is 0 Å². The van der Waals surface area contributed by atoms with E-state index in [1.807, 2.05) is 6.92 Å². The Morgan fingerprint density at radius 2 is 2.38 bits per heavy atom. The molecule has 4 heteroatoms. The summed E-state index contributed by atoms with van der Waals surface area (Å²) in [6, 6.07) is 0. The molecular weight excluding hydrogens is 104 g/mol. The summed E-state index contributed by atoms with van der Waals surface area (Å²) in [4.78, 5) is 0. The summed E-state index contributed by atoms with van der Waals surface area (Å²) in [5.41, 5.74) is 2.47. The third-order valence-corrected chi connectivity index (χ3v) is 0.461. The van der Waals surface area contributed by atoms with Crippen molar-refractivity contribution in [3.05, 3.63) is 0 Å². The Kier molecular flexibility index (Phi) is 5.36. The average molecular weight is 114 g/mol. The van der Waals surface area contributed by atoms with Crippen molar-refractivity contribution in [2.24, 2.45) is 15.5 Å². The molecular formula is C4H10N4. The molecule has 0 fully saturated rings. The van der Waals surface area contributed by atoms with Crippen LogP contribution in [-0.2, 0) is 0 Å². The normalized spacial score (nSPS) is 11.2. The van der Waals surface area contributed by atoms with E-state index in [0.29, 0.717) is 0 Å². The van der Waals surface area contributed by atoms with Gasteiger partial charge in [0, 0.05) is 13.3 Å². The lowest BCUT2D eigenvalue weighted by Crippen LogP contribution is -1.89. The van der Waals surface area contributed by atoms with Gasteiger partial charge in [0.25, 0.3) is 0 Å². The summed E-state index contributed by atoms with van der Waals surface area (Å²) < 4.78 is 0. The second-order valence-electron chi connectivity index (χ2n) is 1.12. The van der Waals surface area contributed by atoms with Crippen LogP contribution < -0.4 is 5.43 Å². The highest BCUT2D eigenvalue weighted by Crippen LogP contribution is 1.71. The van der Waals surface area contributed by atoms with Gasteiger partial charge in [-0.2, -0.15) is 0 Å². The molecule has 8 heavy (non-hydrogen) atoms. The lowest BCUT2D eigenvalue weighted by atomic mass is 10.6. The molecule has 4 nitrogen and oxygen atoms in total. The molecule has 0 radical (unpaired) electrons. The van der Waals surface area contributed by atoms with E-state index in [0.717, 1.165) is 6.42 Å². The van der Waals surface area contributed by atoms with E-state index in [2.05, 4.69) is 21.0 Å². The van der Waals surface area contributed by atoms with Crippen LogP contribution in [0.2, 0.25) is 0 Å². The van der Waals surface area contributed by atoms with Crippen LogP contribution in [0.1, 0.15) is 13.3 Å². The largest absolute Gasteiger partial charge is 0.293 e. The van der Waals surface area contributed by atoms with Crippen molar-refractivity contribution < 1.29 is 0 Å². The molecule has 0 unspecified atom stereocenters. The van der Waals surface area contributed by atoms with Crippen molar-refractivity contribution in [2.75, 3.05) is 7.05 Å². The summed E-state index contributed by atoms with van der Waals surface area (Å²) in [7, 11) is 1.67. The first-order valence-corrected chi connectivity index (χ1v) is 2.50. The van der Waals surface area contributed by atoms with Crippen LogP contribution in [0.5, 0.6) is 0 Å². The standard InChI is InChI=1S/C4H10N4/c1-3-4-6-8-7-5-2/h4H,3H2,1-2H3,(H,5,8)/b6-4+. The SMILES string of the molecule is CC/C=N/N=N\NC. The number of hydrogen-bond acceptors (Lipinski definition) is 2. The van der Waals surface area contributed by atoms with Crippen LogP contribution >= 0.6 is 0 Å². The number of nitrogens with one attached hydrogen (secondary N) is 1. The van der Waals surface area contributed by atoms with Crippen LogP contribution in [0.4, 0.5) is 0 Å². The monoisotopic (exact) mass is 114 g/mol. The maximum absolute atomic E-state index is 3.55. The smallest absolute Gasteiger partial charge is 0.0286 e. The van der Waals surface area contributed by atoms with E-state index in [1.165, 1.54) is 0 Å². The summed E-state index contributed by atoms with van der Waals surface area (Å²) in [6.45, 7) is 1.98. The molecule has 0 saturated heterocycles. The summed E-state index contributed by atoms with van der Waals surface area (Å²) in [6.07, 6.45) is 2.57. The van der Waals surface area contributed by atoms with Gasteiger partial charge in [-0.1, -0.05) is 12.1 Å². The zero-order valence-electron chi connectivity index (χ0n) is 5.13. The zero-order valence-corrected chi connectivity index (χ0v) is 5.13. The maximum Gasteiger partial charge on any atom is 0.0286 e. The van der Waals surface area contributed by atoms with Gasteiger partial charge in [0.2, 0.25) is 0 Å². The summed E-state index contributed by atoms with van der Waals surface area (Å²) in [5, 5.41) is 10.3. The first-order valence-electron chi connectivity index (χ1n) is 2.50. The topological polar surface area (TPSA) is 49.1 Å². The second-order valence-corrected chi connectivity index (χ2v) is 1.12. The van der Waals surface area contributed by atoms with Gasteiger partial charge in [-0.15, -0.1) is 5.10 Å². The highest BCUT2D eigenvalue weighted by Gasteiger charge is 1.62. The Hall–Kier alpha value is -0.930. The van der Waals surface area contributed by atoms with Crippen molar-refractivity contribution in [2.45, 2.75) is 13.3 Å². The lowest BCUT2D eigenvalue weighted by Gasteiger charge is -1.76. The van der Waals surface area contributed by atoms with Gasteiger partial charge in [-0.05, 0) is 11.6 Å². The van der Waals surface area contributed by atoms with Gasteiger partial charge in [-0.3, -0.25) is 5.43 Å². The Bertz CT molecular complexity index is 74.0. The molecule has 0 heterocycles. The van der Waals surface area contributed by atoms with Crippen molar-refractivity contribution >= 4 is 6.21 Å². The molecule has 0 aliphatic rings. The number of nitrogens with zero attached hydrogens (tertiary/aromatic N) is 3. The minimum atomic E-state index is 0.892. The first-order chi connectivity index (χ1) is 3.91. The fourth-order valence-corrected chi connectivity index (χ4v) is 0.189. The van der Waals surface area contributed by atoms with E-state index in [-0.39, 0.29) is 0 Å². The molecule has 0 aromatic heterocycles. The van der Waals surface area contributed by atoms with Gasteiger partial charge in [0.05, 0.1) is 0 Å². The minimum absolute atomic E-state index is 0.892. The van der Waals surface area contributed by atoms with Crippen molar-refractivity contribution in [3.63, 3.8) is 0 Å². The maximum atomic E-state index is 3.55. The fraction of sp³-hybridized carbons (Fsp3) is 0.750. The van der Waals surface area contributed by atoms with Crippen LogP contribution in [0, 0.1) is 0 Å². The number of rotatable bonds is 3. The van der Waals surface area contributed by atoms with Crippen LogP contribution in [0.25, 0.3) is 0 Å². The fourth-order valence-electron chi connectivity index (χ4n) is 0.189. The molecule has 0 aromatic rings. The molecule has 0 aliphatic carbocycles. The third-order valence-electron chi connectivity index (χ3n) is 0.461. The summed E-state index contributed by atoms with van der Waals surface area (Å²) >= 11 is 0. The van der Waals surface area contributed by atoms with Gasteiger partial charge < -0.3 is 0 Å². The quantitative estimate of drug-likeness (QED) is 0.331. The lowest BCUT2D eigenvalue weighted by molar-refractivity contribution is 0.784. The third kappa shape index (κ3) is 5.07. The molecule has 0 rings (SSSR count). The van der Waals surface area contributed by atoms with Gasteiger partial charge in [0.1, 0.15) is 0 Å². The van der Waals surface area contributed by atoms with E-state index in [9.17, 15) is 0 Å². The Balaban J connectivity index is 3.13. The Labute approximate surface area is 48.7 Å². The van der Waals surface area contributed by atoms with Crippen molar-refractivity contribution in [1.29, 1.82) is 0 Å². The Morgan fingerprint density at radius 3 is 2.88 bits per heavy atom.